The van der Waals surface area contributed by atoms with Gasteiger partial charge in [-0.2, -0.15) is 0 Å². The number of hydrogen-bond acceptors (Lipinski definition) is 1. The molecule has 0 bridgehead atoms. The van der Waals surface area contributed by atoms with Crippen LogP contribution in [0.1, 0.15) is 18.1 Å². The molecular formula is C23H19N. The zero-order chi connectivity index (χ0) is 16.9. The minimum atomic E-state index is 0.986. The molecule has 0 amide bonds. The molecule has 0 unspecified atom stereocenters. The number of aromatic nitrogens is 1. The highest BCUT2D eigenvalue weighted by molar-refractivity contribution is 5.97. The Kier molecular flexibility index (Phi) is 4.59. The number of fused-ring (bicyclic) bond motifs is 1. The lowest BCUT2D eigenvalue weighted by atomic mass is 9.95. The van der Waals surface area contributed by atoms with Crippen LogP contribution in [0.15, 0.2) is 73.0 Å². The molecule has 0 aliphatic heterocycles. The lowest BCUT2D eigenvalue weighted by Gasteiger charge is -2.11. The van der Waals surface area contributed by atoms with Gasteiger partial charge < -0.3 is 0 Å². The molecule has 1 aromatic heterocycles. The topological polar surface area (TPSA) is 12.9 Å². The maximum atomic E-state index is 5.47. The molecule has 0 saturated carbocycles. The zero-order valence-corrected chi connectivity index (χ0v) is 14.0. The average molecular weight is 309 g/mol. The number of allylic oxidation sites excluding steroid dienone is 4. The molecule has 1 heterocycles. The van der Waals surface area contributed by atoms with Crippen LogP contribution in [0.2, 0.25) is 0 Å². The van der Waals surface area contributed by atoms with Crippen LogP contribution in [0, 0.1) is 19.3 Å². The number of benzene rings is 2. The minimum absolute atomic E-state index is 0.986. The van der Waals surface area contributed by atoms with E-state index in [0.717, 1.165) is 22.0 Å². The van der Waals surface area contributed by atoms with E-state index in [-0.39, 0.29) is 0 Å². The first-order valence-electron chi connectivity index (χ1n) is 7.98. The molecular weight excluding hydrogens is 290 g/mol. The summed E-state index contributed by atoms with van der Waals surface area (Å²) in [6.07, 6.45) is 13.1. The lowest BCUT2D eigenvalue weighted by Crippen LogP contribution is -1.90. The second-order valence-corrected chi connectivity index (χ2v) is 5.68. The van der Waals surface area contributed by atoms with Gasteiger partial charge in [0.05, 0.1) is 5.52 Å². The second-order valence-electron chi connectivity index (χ2n) is 5.68. The summed E-state index contributed by atoms with van der Waals surface area (Å²) in [6, 6.07) is 16.8. The van der Waals surface area contributed by atoms with Gasteiger partial charge in [0.25, 0.3) is 0 Å². The third kappa shape index (κ3) is 3.00. The summed E-state index contributed by atoms with van der Waals surface area (Å²) in [5, 5.41) is 1.14. The molecule has 0 atom stereocenters. The maximum Gasteiger partial charge on any atom is 0.0708 e. The standard InChI is InChI=1S/C23H19N/c1-4-9-18(10-5-2)19-15-22-21(13-8-14-23(22)24-16-19)20-12-7-6-11-17(20)3/h1,5-16H,2-3H3/b10-5-,18-9+. The summed E-state index contributed by atoms with van der Waals surface area (Å²) < 4.78 is 0. The summed E-state index contributed by atoms with van der Waals surface area (Å²) in [5.74, 6) is 2.61. The molecule has 0 aliphatic carbocycles. The largest absolute Gasteiger partial charge is 0.256 e. The maximum absolute atomic E-state index is 5.47. The number of nitrogens with zero attached hydrogens (tertiary/aromatic N) is 1. The van der Waals surface area contributed by atoms with Crippen LogP contribution >= 0.6 is 0 Å². The van der Waals surface area contributed by atoms with E-state index in [4.69, 9.17) is 6.42 Å². The number of terminal acetylenes is 1. The first-order chi connectivity index (χ1) is 11.7. The molecule has 116 valence electrons. The van der Waals surface area contributed by atoms with Gasteiger partial charge in [-0.25, -0.2) is 0 Å². The summed E-state index contributed by atoms with van der Waals surface area (Å²) in [7, 11) is 0. The molecule has 0 spiro atoms. The van der Waals surface area contributed by atoms with Crippen molar-refractivity contribution in [3.05, 3.63) is 84.1 Å². The number of rotatable bonds is 3. The fourth-order valence-corrected chi connectivity index (χ4v) is 2.91. The second kappa shape index (κ2) is 6.98. The molecule has 24 heavy (non-hydrogen) atoms. The van der Waals surface area contributed by atoms with E-state index in [1.165, 1.54) is 16.7 Å². The number of aryl methyl sites for hydroxylation is 1. The van der Waals surface area contributed by atoms with Gasteiger partial charge in [-0.15, -0.1) is 6.42 Å². The van der Waals surface area contributed by atoms with Crippen molar-refractivity contribution in [2.45, 2.75) is 13.8 Å². The molecule has 0 aliphatic rings. The van der Waals surface area contributed by atoms with Crippen molar-refractivity contribution < 1.29 is 0 Å². The third-order valence-corrected chi connectivity index (χ3v) is 4.08. The quantitative estimate of drug-likeness (QED) is 0.440. The van der Waals surface area contributed by atoms with Crippen molar-refractivity contribution in [2.24, 2.45) is 0 Å². The van der Waals surface area contributed by atoms with Crippen molar-refractivity contribution in [1.29, 1.82) is 0 Å². The summed E-state index contributed by atoms with van der Waals surface area (Å²) in [6.45, 7) is 4.12. The van der Waals surface area contributed by atoms with Gasteiger partial charge in [0, 0.05) is 17.1 Å². The van der Waals surface area contributed by atoms with Gasteiger partial charge in [-0.3, -0.25) is 4.98 Å². The number of pyridine rings is 1. The van der Waals surface area contributed by atoms with E-state index >= 15 is 0 Å². The normalized spacial score (nSPS) is 11.8. The monoisotopic (exact) mass is 309 g/mol. The van der Waals surface area contributed by atoms with E-state index in [0.29, 0.717) is 0 Å². The van der Waals surface area contributed by atoms with Crippen LogP contribution in [-0.2, 0) is 0 Å². The molecule has 3 rings (SSSR count). The Balaban J connectivity index is 2.26. The van der Waals surface area contributed by atoms with Crippen LogP contribution in [0.25, 0.3) is 27.6 Å². The average Bonchev–Trinajstić information content (AvgIpc) is 2.61. The van der Waals surface area contributed by atoms with Gasteiger partial charge in [0.2, 0.25) is 0 Å². The van der Waals surface area contributed by atoms with Crippen LogP contribution in [0.3, 0.4) is 0 Å². The smallest absolute Gasteiger partial charge is 0.0708 e. The fourth-order valence-electron chi connectivity index (χ4n) is 2.91. The lowest BCUT2D eigenvalue weighted by molar-refractivity contribution is 1.38. The van der Waals surface area contributed by atoms with E-state index in [2.05, 4.69) is 60.3 Å². The van der Waals surface area contributed by atoms with Crippen molar-refractivity contribution in [2.75, 3.05) is 0 Å². The van der Waals surface area contributed by atoms with Crippen LogP contribution in [-0.4, -0.2) is 4.98 Å². The van der Waals surface area contributed by atoms with Crippen LogP contribution in [0.5, 0.6) is 0 Å². The van der Waals surface area contributed by atoms with E-state index in [9.17, 15) is 0 Å². The van der Waals surface area contributed by atoms with Gasteiger partial charge in [-0.1, -0.05) is 54.5 Å². The molecule has 3 aromatic rings. The Morgan fingerprint density at radius 1 is 1.08 bits per heavy atom. The summed E-state index contributed by atoms with van der Waals surface area (Å²) in [5.41, 5.74) is 6.69. The molecule has 0 N–H and O–H groups in total. The Morgan fingerprint density at radius 2 is 1.88 bits per heavy atom. The number of hydrogen-bond donors (Lipinski definition) is 0. The van der Waals surface area contributed by atoms with Gasteiger partial charge in [0.1, 0.15) is 0 Å². The SMILES string of the molecule is C#C/C=C(\C=C/C)c1cnc2cccc(-c3ccccc3C)c2c1. The molecule has 2 aromatic carbocycles. The molecule has 1 nitrogen and oxygen atoms in total. The Morgan fingerprint density at radius 3 is 2.62 bits per heavy atom. The minimum Gasteiger partial charge on any atom is -0.256 e. The predicted octanol–water partition coefficient (Wildman–Crippen LogP) is 5.80. The van der Waals surface area contributed by atoms with Crippen LogP contribution < -0.4 is 0 Å². The predicted molar refractivity (Wildman–Crippen MR) is 104 cm³/mol. The highest BCUT2D eigenvalue weighted by Crippen LogP contribution is 2.31. The molecule has 0 saturated heterocycles. The van der Waals surface area contributed by atoms with Gasteiger partial charge >= 0.3 is 0 Å². The van der Waals surface area contributed by atoms with Crippen molar-refractivity contribution in [3.8, 4) is 23.5 Å². The molecule has 0 radical (unpaired) electrons. The van der Waals surface area contributed by atoms with Crippen molar-refractivity contribution in [1.82, 2.24) is 4.98 Å². The van der Waals surface area contributed by atoms with E-state index in [1.54, 1.807) is 6.08 Å². The Labute approximate surface area is 143 Å². The summed E-state index contributed by atoms with van der Waals surface area (Å²) in [4.78, 5) is 4.64. The first-order valence-corrected chi connectivity index (χ1v) is 7.98. The summed E-state index contributed by atoms with van der Waals surface area (Å²) >= 11 is 0. The third-order valence-electron chi connectivity index (χ3n) is 4.08. The first kappa shape index (κ1) is 15.8. The van der Waals surface area contributed by atoms with Crippen molar-refractivity contribution in [3.63, 3.8) is 0 Å². The van der Waals surface area contributed by atoms with Crippen molar-refractivity contribution >= 4 is 16.5 Å². The molecule has 0 fully saturated rings. The van der Waals surface area contributed by atoms with E-state index in [1.807, 2.05) is 31.3 Å². The van der Waals surface area contributed by atoms with Gasteiger partial charge in [0.15, 0.2) is 0 Å². The van der Waals surface area contributed by atoms with E-state index < -0.39 is 0 Å². The van der Waals surface area contributed by atoms with Crippen LogP contribution in [0.4, 0.5) is 0 Å². The fraction of sp³-hybridized carbons (Fsp3) is 0.0870. The Bertz CT molecular complexity index is 984. The molecule has 1 heteroatoms. The van der Waals surface area contributed by atoms with Gasteiger partial charge in [-0.05, 0) is 54.3 Å². The zero-order valence-electron chi connectivity index (χ0n) is 14.0. The highest BCUT2D eigenvalue weighted by atomic mass is 14.6. The Hall–Kier alpha value is -3.11. The highest BCUT2D eigenvalue weighted by Gasteiger charge is 2.08.